The lowest BCUT2D eigenvalue weighted by Crippen LogP contribution is -2.49. The maximum absolute atomic E-state index is 13.8. The maximum Gasteiger partial charge on any atom is 0.401 e. The van der Waals surface area contributed by atoms with Gasteiger partial charge in [-0.1, -0.05) is 10.3 Å². The van der Waals surface area contributed by atoms with E-state index in [4.69, 9.17) is 30.3 Å². The number of nitrogens with zero attached hydrogens (tertiary/aromatic N) is 8. The average molecular weight is 1280 g/mol. The number of carbonyl (C=O) groups excluding carboxylic acids is 1. The first-order chi connectivity index (χ1) is 42.4. The molecule has 2 aliphatic rings. The van der Waals surface area contributed by atoms with Crippen molar-refractivity contribution in [1.82, 2.24) is 58.8 Å². The van der Waals surface area contributed by atoms with Gasteiger partial charge in [0.05, 0.1) is 73.0 Å². The van der Waals surface area contributed by atoms with Crippen LogP contribution in [0.5, 0.6) is 11.5 Å². The number of nitrogens with one attached hydrogen (secondary N) is 4. The first-order valence-electron chi connectivity index (χ1n) is 29.1. The molecule has 8 aromatic rings. The van der Waals surface area contributed by atoms with E-state index in [0.29, 0.717) is 102 Å². The third-order valence-electron chi connectivity index (χ3n) is 16.7. The molecule has 0 bridgehead atoms. The molecular weight excluding hydrogens is 1210 g/mol. The molecule has 486 valence electrons. The van der Waals surface area contributed by atoms with Crippen LogP contribution in [0.2, 0.25) is 0 Å². The van der Waals surface area contributed by atoms with Gasteiger partial charge in [0.25, 0.3) is 17.0 Å². The van der Waals surface area contributed by atoms with Gasteiger partial charge in [0, 0.05) is 134 Å². The summed E-state index contributed by atoms with van der Waals surface area (Å²) in [6.07, 6.45) is -4.62. The van der Waals surface area contributed by atoms with Crippen molar-refractivity contribution >= 4 is 34.7 Å². The van der Waals surface area contributed by atoms with Gasteiger partial charge < -0.3 is 47.7 Å². The van der Waals surface area contributed by atoms with E-state index in [9.17, 15) is 50.6 Å². The number of ether oxygens (including phenoxy) is 2. The Morgan fingerprint density at radius 1 is 0.633 bits per heavy atom. The van der Waals surface area contributed by atoms with Gasteiger partial charge in [-0.3, -0.25) is 34.0 Å². The zero-order valence-corrected chi connectivity index (χ0v) is 53.0. The number of aryl methyl sites for hydroxylation is 6. The van der Waals surface area contributed by atoms with Crippen LogP contribution in [0, 0.1) is 55.4 Å². The highest BCUT2D eigenvalue weighted by molar-refractivity contribution is 6.13. The Balaban J connectivity index is 0.000000199. The van der Waals surface area contributed by atoms with E-state index in [1.807, 2.05) is 87.9 Å². The monoisotopic (exact) mass is 1280 g/mol. The summed E-state index contributed by atoms with van der Waals surface area (Å²) in [6, 6.07) is 10.4. The molecule has 0 radical (unpaired) electrons. The van der Waals surface area contributed by atoms with Crippen molar-refractivity contribution in [2.24, 2.45) is 0 Å². The van der Waals surface area contributed by atoms with E-state index in [1.54, 1.807) is 39.0 Å². The predicted octanol–water partition coefficient (Wildman–Crippen LogP) is 10.1. The Labute approximate surface area is 519 Å². The number of rotatable bonds is 16. The molecule has 0 aliphatic carbocycles. The Morgan fingerprint density at radius 2 is 1.02 bits per heavy atom. The van der Waals surface area contributed by atoms with Crippen molar-refractivity contribution in [2.45, 2.75) is 107 Å². The lowest BCUT2D eigenvalue weighted by atomic mass is 9.98. The number of hydrogen-bond acceptors (Lipinski definition) is 15. The molecule has 2 unspecified atom stereocenters. The third kappa shape index (κ3) is 15.1. The number of carbonyl (C=O) groups is 2. The zero-order chi connectivity index (χ0) is 65.8. The Morgan fingerprint density at radius 3 is 1.38 bits per heavy atom. The number of piperazine rings is 2. The summed E-state index contributed by atoms with van der Waals surface area (Å²) in [5.41, 5.74) is 11.6. The Kier molecular flexibility index (Phi) is 21.2. The van der Waals surface area contributed by atoms with Crippen LogP contribution < -0.4 is 30.7 Å². The van der Waals surface area contributed by atoms with Gasteiger partial charge in [0.15, 0.2) is 0 Å². The van der Waals surface area contributed by atoms with Crippen molar-refractivity contribution in [3.8, 4) is 33.8 Å². The molecule has 5 N–H and O–H groups in total. The molecular formula is C62H75ClF6N12O9. The molecule has 8 aromatic heterocycles. The fraction of sp³-hybridized carbons (Fsp3) is 0.452. The fourth-order valence-corrected chi connectivity index (χ4v) is 12.4. The normalized spacial score (nSPS) is 15.3. The molecule has 0 saturated carbocycles. The number of hydrogen-bond donors (Lipinski definition) is 5. The summed E-state index contributed by atoms with van der Waals surface area (Å²) in [6.45, 7) is 19.9. The highest BCUT2D eigenvalue weighted by atomic mass is 35.5. The smallest absolute Gasteiger partial charge is 0.401 e. The number of alkyl halides is 6. The number of aromatic amines is 2. The standard InChI is InChI=1S/C31H37F3N6O4.C23H27F3N4O3.C8H11ClN2O2/c1-17-13-26(43-6)24(30(42)36-17)15-35-29(41)23-14-25-22(27-19(3)37-44-21(27)5)7-8-40(25)28(18(23)2)20(4)39-11-9-38(10-12-39)16-31(32,33)34;1-13-18(22(31)32)11-19-17(20-14(2)27-33-16(20)4)5-6-30(19)21(13)15(3)29-9-7-28(8-10-29)12-23(24,25)26;1-5-3-7(13-2)6(4-10-9)8(12)11-5/h7-8,13-14,20H,9-12,15-16H2,1-6H3,(H,35,41)(H,36,42);5-6,11,15H,7-10,12H2,1-4H3,(H,31,32);3,10H,4H2,1-2H3,(H,11,12). The van der Waals surface area contributed by atoms with E-state index in [-0.39, 0.29) is 60.9 Å². The third-order valence-corrected chi connectivity index (χ3v) is 16.8. The number of methoxy groups -OCH3 is 2. The van der Waals surface area contributed by atoms with Crippen molar-refractivity contribution in [3.63, 3.8) is 0 Å². The minimum absolute atomic E-state index is 0.0496. The lowest BCUT2D eigenvalue weighted by Gasteiger charge is -2.39. The second-order valence-electron chi connectivity index (χ2n) is 22.7. The number of fused-ring (bicyclic) bond motifs is 2. The number of aromatic carboxylic acids is 1. The van der Waals surface area contributed by atoms with Gasteiger partial charge in [0.1, 0.15) is 23.0 Å². The highest BCUT2D eigenvalue weighted by Gasteiger charge is 2.36. The molecule has 0 spiro atoms. The number of pyridine rings is 4. The SMILES string of the molecule is COc1cc(C)[nH]c(=O)c1CNC(=O)c1cc2c(-c3c(C)noc3C)ccn2c(C(C)N2CCN(CC(F)(F)F)CC2)c1C.COc1cc(C)[nH]c(=O)c1CNCl.Cc1noc(C)c1-c1ccn2c(C(C)N3CCN(CC(F)(F)F)CC3)c(C)c(C(=O)O)cc12. The Hall–Kier alpha value is -7.95. The lowest BCUT2D eigenvalue weighted by molar-refractivity contribution is -0.150. The summed E-state index contributed by atoms with van der Waals surface area (Å²) >= 11 is 5.32. The first-order valence-corrected chi connectivity index (χ1v) is 29.4. The number of carboxylic acids is 1. The highest BCUT2D eigenvalue weighted by Crippen LogP contribution is 2.39. The van der Waals surface area contributed by atoms with E-state index in [0.717, 1.165) is 55.9 Å². The van der Waals surface area contributed by atoms with E-state index in [1.165, 1.54) is 24.0 Å². The van der Waals surface area contributed by atoms with Crippen LogP contribution in [0.3, 0.4) is 0 Å². The molecule has 2 atom stereocenters. The van der Waals surface area contributed by atoms with Gasteiger partial charge in [0.2, 0.25) is 0 Å². The van der Waals surface area contributed by atoms with Gasteiger partial charge in [-0.05, 0) is 129 Å². The predicted molar refractivity (Wildman–Crippen MR) is 327 cm³/mol. The van der Waals surface area contributed by atoms with Gasteiger partial charge in [-0.2, -0.15) is 26.3 Å². The van der Waals surface area contributed by atoms with Gasteiger partial charge in [-0.15, -0.1) is 0 Å². The molecule has 2 fully saturated rings. The number of halogens is 7. The average Bonchev–Trinajstić information content (AvgIpc) is 1.55. The molecule has 28 heteroatoms. The van der Waals surface area contributed by atoms with Crippen LogP contribution in [-0.2, 0) is 13.1 Å². The van der Waals surface area contributed by atoms with Crippen LogP contribution in [0.15, 0.2) is 67.4 Å². The molecule has 0 aromatic carbocycles. The van der Waals surface area contributed by atoms with Crippen LogP contribution in [0.4, 0.5) is 26.3 Å². The fourth-order valence-electron chi connectivity index (χ4n) is 12.2. The molecule has 90 heavy (non-hydrogen) atoms. The summed E-state index contributed by atoms with van der Waals surface area (Å²) in [5.74, 6) is 0.821. The topological polar surface area (TPSA) is 236 Å². The number of carboxylic acid groups (broad SMARTS) is 1. The van der Waals surface area contributed by atoms with Crippen LogP contribution in [0.25, 0.3) is 33.3 Å². The van der Waals surface area contributed by atoms with Crippen molar-refractivity contribution in [1.29, 1.82) is 0 Å². The molecule has 21 nitrogen and oxygen atoms in total. The van der Waals surface area contributed by atoms with Crippen LogP contribution in [0.1, 0.15) is 115 Å². The second-order valence-corrected chi connectivity index (χ2v) is 22.9. The zero-order valence-electron chi connectivity index (χ0n) is 52.2. The van der Waals surface area contributed by atoms with E-state index < -0.39 is 31.4 Å². The minimum Gasteiger partial charge on any atom is -0.496 e. The van der Waals surface area contributed by atoms with Crippen LogP contribution in [-0.4, -0.2) is 158 Å². The van der Waals surface area contributed by atoms with Crippen LogP contribution >= 0.6 is 11.8 Å². The van der Waals surface area contributed by atoms with Gasteiger partial charge >= 0.3 is 18.3 Å². The van der Waals surface area contributed by atoms with Crippen molar-refractivity contribution < 1.29 is 59.6 Å². The minimum atomic E-state index is -4.24. The van der Waals surface area contributed by atoms with E-state index in [2.05, 4.69) is 40.2 Å². The summed E-state index contributed by atoms with van der Waals surface area (Å²) < 4.78 is 102. The molecule has 2 aliphatic heterocycles. The first kappa shape index (κ1) is 68.0. The Bertz CT molecular complexity index is 3980. The summed E-state index contributed by atoms with van der Waals surface area (Å²) in [4.78, 5) is 64.8. The number of aromatic nitrogens is 6. The number of amides is 1. The largest absolute Gasteiger partial charge is 0.496 e. The summed E-state index contributed by atoms with van der Waals surface area (Å²) in [7, 11) is 2.99. The summed E-state index contributed by atoms with van der Waals surface area (Å²) in [5, 5.41) is 20.9. The molecule has 1 amide bonds. The number of H-pyrrole nitrogens is 2. The van der Waals surface area contributed by atoms with Crippen molar-refractivity contribution in [2.75, 3.05) is 79.7 Å². The maximum atomic E-state index is 13.8. The molecule has 10 heterocycles. The second kappa shape index (κ2) is 28.1. The van der Waals surface area contributed by atoms with E-state index >= 15 is 0 Å². The van der Waals surface area contributed by atoms with Gasteiger partial charge in [-0.25, -0.2) is 9.63 Å². The molecule has 10 rings (SSSR count). The molecule has 2 saturated heterocycles. The van der Waals surface area contributed by atoms with Crippen molar-refractivity contribution in [3.05, 3.63) is 149 Å². The quantitative estimate of drug-likeness (QED) is 0.0447.